The Kier molecular flexibility index (Phi) is 3.48. The first-order valence-electron chi connectivity index (χ1n) is 8.61. The molecular formula is C21H22O2. The second kappa shape index (κ2) is 5.52. The fourth-order valence-corrected chi connectivity index (χ4v) is 4.10. The number of carbonyl (C=O) groups is 1. The van der Waals surface area contributed by atoms with Crippen LogP contribution in [0, 0.1) is 5.92 Å². The fraction of sp³-hybridized carbons (Fsp3) is 0.381. The molecule has 0 fully saturated rings. The van der Waals surface area contributed by atoms with Gasteiger partial charge in [-0.1, -0.05) is 44.5 Å². The van der Waals surface area contributed by atoms with Crippen LogP contribution >= 0.6 is 0 Å². The SMILES string of the molecule is CCC1Cc2ccccc2-c2cc3c(cc2C1C)C(=O)CCO3. The van der Waals surface area contributed by atoms with E-state index in [1.807, 2.05) is 0 Å². The standard InChI is InChI=1S/C21H22O2/c1-3-14-10-15-6-4-5-7-16(15)18-12-21-19(11-17(18)13(14)2)20(22)8-9-23-21/h4-7,11-14H,3,8-10H2,1-2H3. The summed E-state index contributed by atoms with van der Waals surface area (Å²) in [5.74, 6) is 2.03. The molecule has 1 aliphatic carbocycles. The second-order valence-electron chi connectivity index (χ2n) is 6.78. The van der Waals surface area contributed by atoms with Gasteiger partial charge in [-0.2, -0.15) is 0 Å². The zero-order valence-corrected chi connectivity index (χ0v) is 13.8. The second-order valence-corrected chi connectivity index (χ2v) is 6.78. The molecule has 2 aromatic carbocycles. The maximum absolute atomic E-state index is 12.3. The molecule has 2 nitrogen and oxygen atoms in total. The van der Waals surface area contributed by atoms with E-state index in [0.29, 0.717) is 24.9 Å². The van der Waals surface area contributed by atoms with E-state index in [1.54, 1.807) is 0 Å². The largest absolute Gasteiger partial charge is 0.492 e. The maximum atomic E-state index is 12.3. The van der Waals surface area contributed by atoms with Crippen LogP contribution in [0.1, 0.15) is 54.1 Å². The van der Waals surface area contributed by atoms with E-state index in [2.05, 4.69) is 50.2 Å². The number of hydrogen-bond donors (Lipinski definition) is 0. The first kappa shape index (κ1) is 14.5. The van der Waals surface area contributed by atoms with Gasteiger partial charge in [0.2, 0.25) is 0 Å². The lowest BCUT2D eigenvalue weighted by Gasteiger charge is -2.24. The molecule has 2 heteroatoms. The Hall–Kier alpha value is -2.09. The third-order valence-corrected chi connectivity index (χ3v) is 5.55. The monoisotopic (exact) mass is 306 g/mol. The smallest absolute Gasteiger partial charge is 0.170 e. The van der Waals surface area contributed by atoms with Gasteiger partial charge in [-0.3, -0.25) is 4.79 Å². The van der Waals surface area contributed by atoms with E-state index >= 15 is 0 Å². The predicted molar refractivity (Wildman–Crippen MR) is 92.2 cm³/mol. The van der Waals surface area contributed by atoms with Crippen molar-refractivity contribution >= 4 is 5.78 Å². The lowest BCUT2D eigenvalue weighted by atomic mass is 9.82. The molecule has 2 atom stereocenters. The van der Waals surface area contributed by atoms with Crippen molar-refractivity contribution in [1.82, 2.24) is 0 Å². The number of fused-ring (bicyclic) bond motifs is 4. The topological polar surface area (TPSA) is 26.3 Å². The van der Waals surface area contributed by atoms with Gasteiger partial charge in [0.1, 0.15) is 5.75 Å². The highest BCUT2D eigenvalue weighted by atomic mass is 16.5. The Balaban J connectivity index is 1.99. The highest BCUT2D eigenvalue weighted by molar-refractivity contribution is 6.00. The van der Waals surface area contributed by atoms with Crippen LogP contribution in [0.5, 0.6) is 5.75 Å². The summed E-state index contributed by atoms with van der Waals surface area (Å²) in [6, 6.07) is 12.9. The van der Waals surface area contributed by atoms with E-state index in [-0.39, 0.29) is 5.78 Å². The first-order valence-corrected chi connectivity index (χ1v) is 8.61. The summed E-state index contributed by atoms with van der Waals surface area (Å²) in [7, 11) is 0. The van der Waals surface area contributed by atoms with Crippen LogP contribution < -0.4 is 4.74 Å². The summed E-state index contributed by atoms with van der Waals surface area (Å²) in [5, 5.41) is 0. The van der Waals surface area contributed by atoms with Crippen molar-refractivity contribution in [2.24, 2.45) is 5.92 Å². The fourth-order valence-electron chi connectivity index (χ4n) is 4.10. The van der Waals surface area contributed by atoms with Crippen molar-refractivity contribution < 1.29 is 9.53 Å². The molecule has 0 N–H and O–H groups in total. The molecule has 2 aromatic rings. The molecule has 0 bridgehead atoms. The molecule has 23 heavy (non-hydrogen) atoms. The molecule has 0 amide bonds. The molecule has 118 valence electrons. The van der Waals surface area contributed by atoms with E-state index in [0.717, 1.165) is 24.2 Å². The van der Waals surface area contributed by atoms with Crippen molar-refractivity contribution in [3.63, 3.8) is 0 Å². The van der Waals surface area contributed by atoms with Crippen molar-refractivity contribution in [3.8, 4) is 16.9 Å². The highest BCUT2D eigenvalue weighted by Crippen LogP contribution is 2.45. The Morgan fingerprint density at radius 2 is 1.96 bits per heavy atom. The number of ether oxygens (including phenoxy) is 1. The summed E-state index contributed by atoms with van der Waals surface area (Å²) < 4.78 is 5.78. The van der Waals surface area contributed by atoms with Crippen LogP contribution in [0.4, 0.5) is 0 Å². The molecular weight excluding hydrogens is 284 g/mol. The van der Waals surface area contributed by atoms with E-state index in [9.17, 15) is 4.79 Å². The van der Waals surface area contributed by atoms with Gasteiger partial charge in [0, 0.05) is 6.42 Å². The maximum Gasteiger partial charge on any atom is 0.170 e. The van der Waals surface area contributed by atoms with Crippen molar-refractivity contribution in [2.75, 3.05) is 6.61 Å². The number of Topliss-reactive ketones (excluding diaryl/α,β-unsaturated/α-hetero) is 1. The number of hydrogen-bond acceptors (Lipinski definition) is 2. The third kappa shape index (κ3) is 2.28. The van der Waals surface area contributed by atoms with Gasteiger partial charge in [-0.05, 0) is 52.6 Å². The zero-order valence-electron chi connectivity index (χ0n) is 13.8. The normalized spacial score (nSPS) is 22.4. The lowest BCUT2D eigenvalue weighted by Crippen LogP contribution is -2.17. The van der Waals surface area contributed by atoms with E-state index < -0.39 is 0 Å². The summed E-state index contributed by atoms with van der Waals surface area (Å²) in [6.07, 6.45) is 2.74. The van der Waals surface area contributed by atoms with Gasteiger partial charge in [0.25, 0.3) is 0 Å². The van der Waals surface area contributed by atoms with Gasteiger partial charge in [0.15, 0.2) is 5.78 Å². The molecule has 2 aliphatic rings. The molecule has 1 heterocycles. The van der Waals surface area contributed by atoms with Crippen molar-refractivity contribution in [3.05, 3.63) is 53.1 Å². The van der Waals surface area contributed by atoms with E-state index in [4.69, 9.17) is 4.74 Å². The van der Waals surface area contributed by atoms with Gasteiger partial charge in [-0.15, -0.1) is 0 Å². The number of rotatable bonds is 1. The molecule has 4 rings (SSSR count). The van der Waals surface area contributed by atoms with Gasteiger partial charge in [-0.25, -0.2) is 0 Å². The van der Waals surface area contributed by atoms with Gasteiger partial charge >= 0.3 is 0 Å². The number of carbonyl (C=O) groups excluding carboxylic acids is 1. The Morgan fingerprint density at radius 3 is 2.78 bits per heavy atom. The zero-order chi connectivity index (χ0) is 16.0. The average Bonchev–Trinajstić information content (AvgIpc) is 2.69. The Bertz CT molecular complexity index is 775. The molecule has 1 aliphatic heterocycles. The van der Waals surface area contributed by atoms with Gasteiger partial charge < -0.3 is 4.74 Å². The highest BCUT2D eigenvalue weighted by Gasteiger charge is 2.29. The molecule has 0 saturated carbocycles. The molecule has 2 unspecified atom stereocenters. The van der Waals surface area contributed by atoms with Crippen LogP contribution in [0.3, 0.4) is 0 Å². The summed E-state index contributed by atoms with van der Waals surface area (Å²) in [4.78, 5) is 12.3. The van der Waals surface area contributed by atoms with Crippen LogP contribution in [-0.4, -0.2) is 12.4 Å². The Labute approximate surface area is 137 Å². The first-order chi connectivity index (χ1) is 11.2. The number of benzene rings is 2. The minimum absolute atomic E-state index is 0.215. The molecule has 0 spiro atoms. The summed E-state index contributed by atoms with van der Waals surface area (Å²) >= 11 is 0. The summed E-state index contributed by atoms with van der Waals surface area (Å²) in [5.41, 5.74) is 6.04. The third-order valence-electron chi connectivity index (χ3n) is 5.55. The van der Waals surface area contributed by atoms with Crippen molar-refractivity contribution in [1.29, 1.82) is 0 Å². The molecule has 0 aromatic heterocycles. The number of ketones is 1. The summed E-state index contributed by atoms with van der Waals surface area (Å²) in [6.45, 7) is 5.07. The van der Waals surface area contributed by atoms with Crippen LogP contribution in [0.15, 0.2) is 36.4 Å². The lowest BCUT2D eigenvalue weighted by molar-refractivity contribution is 0.0933. The van der Waals surface area contributed by atoms with Crippen LogP contribution in [-0.2, 0) is 6.42 Å². The molecule has 0 radical (unpaired) electrons. The molecule has 0 saturated heterocycles. The minimum atomic E-state index is 0.215. The average molecular weight is 306 g/mol. The minimum Gasteiger partial charge on any atom is -0.492 e. The van der Waals surface area contributed by atoms with Gasteiger partial charge in [0.05, 0.1) is 12.2 Å². The predicted octanol–water partition coefficient (Wildman–Crippen LogP) is 5.00. The Morgan fingerprint density at radius 1 is 1.13 bits per heavy atom. The van der Waals surface area contributed by atoms with Crippen LogP contribution in [0.25, 0.3) is 11.1 Å². The van der Waals surface area contributed by atoms with E-state index in [1.165, 1.54) is 22.3 Å². The van der Waals surface area contributed by atoms with Crippen LogP contribution in [0.2, 0.25) is 0 Å². The van der Waals surface area contributed by atoms with Crippen molar-refractivity contribution in [2.45, 2.75) is 39.0 Å². The quantitative estimate of drug-likeness (QED) is 0.740.